The molecule has 0 bridgehead atoms. The summed E-state index contributed by atoms with van der Waals surface area (Å²) in [5, 5.41) is 0. The van der Waals surface area contributed by atoms with Crippen molar-refractivity contribution in [1.82, 2.24) is 0 Å². The van der Waals surface area contributed by atoms with Gasteiger partial charge in [0.15, 0.2) is 0 Å². The third-order valence-electron chi connectivity index (χ3n) is 2.20. The van der Waals surface area contributed by atoms with Gasteiger partial charge in [0.25, 0.3) is 5.91 Å². The van der Waals surface area contributed by atoms with E-state index in [4.69, 9.17) is 0 Å². The Kier molecular flexibility index (Phi) is 3.78. The van der Waals surface area contributed by atoms with Gasteiger partial charge in [-0.3, -0.25) is 4.79 Å². The number of carbonyl (C=O) groups is 1. The predicted molar refractivity (Wildman–Crippen MR) is 63.9 cm³/mol. The van der Waals surface area contributed by atoms with Gasteiger partial charge in [-0.2, -0.15) is 0 Å². The molecule has 1 amide bonds. The van der Waals surface area contributed by atoms with Crippen molar-refractivity contribution in [2.45, 2.75) is 27.7 Å². The van der Waals surface area contributed by atoms with Crippen LogP contribution in [0, 0.1) is 5.92 Å². The number of aliphatic imine (C=N–C) groups is 1. The minimum Gasteiger partial charge on any atom is -0.272 e. The van der Waals surface area contributed by atoms with Gasteiger partial charge >= 0.3 is 0 Å². The number of carbonyl (C=O) groups excluding carboxylic acids is 1. The molecular formula is C13H17NO. The molecule has 0 aromatic heterocycles. The maximum absolute atomic E-state index is 11.8. The molecule has 15 heavy (non-hydrogen) atoms. The van der Waals surface area contributed by atoms with Crippen LogP contribution >= 0.6 is 0 Å². The summed E-state index contributed by atoms with van der Waals surface area (Å²) in [5.74, 6) is -0.276. The molecule has 1 unspecified atom stereocenters. The number of rotatable bonds is 1. The summed E-state index contributed by atoms with van der Waals surface area (Å²) >= 11 is 0. The molecule has 0 saturated carbocycles. The Morgan fingerprint density at radius 2 is 1.87 bits per heavy atom. The molecule has 0 radical (unpaired) electrons. The van der Waals surface area contributed by atoms with Crippen LogP contribution in [0.4, 0.5) is 0 Å². The fraction of sp³-hybridized carbons (Fsp3) is 0.385. The minimum absolute atomic E-state index is 0.0770. The fourth-order valence-electron chi connectivity index (χ4n) is 1.52. The first-order valence-electron chi connectivity index (χ1n) is 5.10. The topological polar surface area (TPSA) is 29.4 Å². The highest BCUT2D eigenvalue weighted by Gasteiger charge is 2.20. The van der Waals surface area contributed by atoms with Crippen molar-refractivity contribution < 1.29 is 4.79 Å². The van der Waals surface area contributed by atoms with Gasteiger partial charge in [0.2, 0.25) is 0 Å². The fourth-order valence-corrected chi connectivity index (χ4v) is 1.52. The lowest BCUT2D eigenvalue weighted by atomic mass is 9.90. The minimum atomic E-state index is -0.199. The highest BCUT2D eigenvalue weighted by atomic mass is 16.1. The molecule has 80 valence electrons. The van der Waals surface area contributed by atoms with Crippen molar-refractivity contribution in [3.63, 3.8) is 0 Å². The number of hydrogen-bond acceptors (Lipinski definition) is 1. The SMILES string of the molecule is CC(C)=NC(=O)C1C=CC=CC1=C(C)C. The summed E-state index contributed by atoms with van der Waals surface area (Å²) < 4.78 is 0. The van der Waals surface area contributed by atoms with Crippen LogP contribution in [0.5, 0.6) is 0 Å². The number of hydrogen-bond donors (Lipinski definition) is 0. The summed E-state index contributed by atoms with van der Waals surface area (Å²) in [6, 6.07) is 0. The number of allylic oxidation sites excluding steroid dienone is 4. The summed E-state index contributed by atoms with van der Waals surface area (Å²) in [6.07, 6.45) is 7.74. The lowest BCUT2D eigenvalue weighted by Gasteiger charge is -2.15. The molecule has 0 aromatic carbocycles. The van der Waals surface area contributed by atoms with Crippen LogP contribution in [0.25, 0.3) is 0 Å². The van der Waals surface area contributed by atoms with Gasteiger partial charge in [0, 0.05) is 5.71 Å². The van der Waals surface area contributed by atoms with Gasteiger partial charge in [-0.25, -0.2) is 4.99 Å². The average molecular weight is 203 g/mol. The second kappa shape index (κ2) is 4.87. The lowest BCUT2D eigenvalue weighted by Crippen LogP contribution is -2.15. The molecule has 2 nitrogen and oxygen atoms in total. The second-order valence-electron chi connectivity index (χ2n) is 4.07. The van der Waals surface area contributed by atoms with Crippen molar-refractivity contribution in [3.05, 3.63) is 35.5 Å². The molecule has 0 aromatic rings. The standard InChI is InChI=1S/C13H17NO/c1-9(2)11-7-5-6-8-12(11)13(15)14-10(3)4/h5-8,12H,1-4H3. The zero-order valence-corrected chi connectivity index (χ0v) is 9.74. The third-order valence-corrected chi connectivity index (χ3v) is 2.20. The van der Waals surface area contributed by atoms with Crippen molar-refractivity contribution >= 4 is 11.6 Å². The molecular weight excluding hydrogens is 186 g/mol. The van der Waals surface area contributed by atoms with Crippen LogP contribution in [-0.4, -0.2) is 11.6 Å². The monoisotopic (exact) mass is 203 g/mol. The predicted octanol–water partition coefficient (Wildman–Crippen LogP) is 3.07. The van der Waals surface area contributed by atoms with E-state index in [0.29, 0.717) is 0 Å². The van der Waals surface area contributed by atoms with Gasteiger partial charge in [0.05, 0.1) is 5.92 Å². The van der Waals surface area contributed by atoms with Crippen LogP contribution in [0.2, 0.25) is 0 Å². The Morgan fingerprint density at radius 3 is 2.40 bits per heavy atom. The van der Waals surface area contributed by atoms with E-state index in [2.05, 4.69) is 4.99 Å². The van der Waals surface area contributed by atoms with Crippen LogP contribution in [0.15, 0.2) is 40.4 Å². The Morgan fingerprint density at radius 1 is 1.20 bits per heavy atom. The summed E-state index contributed by atoms with van der Waals surface area (Å²) in [7, 11) is 0. The maximum atomic E-state index is 11.8. The Labute approximate surface area is 91.1 Å². The van der Waals surface area contributed by atoms with Gasteiger partial charge < -0.3 is 0 Å². The Bertz CT molecular complexity index is 375. The average Bonchev–Trinajstić information content (AvgIpc) is 2.16. The van der Waals surface area contributed by atoms with Crippen LogP contribution in [0.3, 0.4) is 0 Å². The van der Waals surface area contributed by atoms with E-state index in [1.54, 1.807) is 0 Å². The zero-order chi connectivity index (χ0) is 11.4. The molecule has 1 aliphatic carbocycles. The van der Waals surface area contributed by atoms with E-state index >= 15 is 0 Å². The molecule has 1 rings (SSSR count). The first-order chi connectivity index (χ1) is 7.02. The molecule has 0 fully saturated rings. The number of nitrogens with zero attached hydrogens (tertiary/aromatic N) is 1. The van der Waals surface area contributed by atoms with E-state index in [-0.39, 0.29) is 11.8 Å². The van der Waals surface area contributed by atoms with Crippen LogP contribution in [-0.2, 0) is 4.79 Å². The summed E-state index contributed by atoms with van der Waals surface area (Å²) in [4.78, 5) is 15.8. The van der Waals surface area contributed by atoms with Crippen LogP contribution < -0.4 is 0 Å². The quantitative estimate of drug-likeness (QED) is 0.602. The Hall–Kier alpha value is -1.44. The van der Waals surface area contributed by atoms with E-state index in [1.807, 2.05) is 52.0 Å². The molecule has 0 aliphatic heterocycles. The maximum Gasteiger partial charge on any atom is 0.256 e. The highest BCUT2D eigenvalue weighted by Crippen LogP contribution is 2.23. The summed E-state index contributed by atoms with van der Waals surface area (Å²) in [6.45, 7) is 7.70. The number of amides is 1. The van der Waals surface area contributed by atoms with Gasteiger partial charge in [-0.1, -0.05) is 29.9 Å². The first kappa shape index (κ1) is 11.6. The molecule has 1 aliphatic rings. The van der Waals surface area contributed by atoms with Gasteiger partial charge in [-0.15, -0.1) is 0 Å². The van der Waals surface area contributed by atoms with Crippen molar-refractivity contribution in [2.75, 3.05) is 0 Å². The molecule has 0 heterocycles. The first-order valence-corrected chi connectivity index (χ1v) is 5.10. The van der Waals surface area contributed by atoms with E-state index in [9.17, 15) is 4.79 Å². The van der Waals surface area contributed by atoms with Crippen LogP contribution in [0.1, 0.15) is 27.7 Å². The highest BCUT2D eigenvalue weighted by molar-refractivity contribution is 5.96. The van der Waals surface area contributed by atoms with Gasteiger partial charge in [0.1, 0.15) is 0 Å². The second-order valence-corrected chi connectivity index (χ2v) is 4.07. The Balaban J connectivity index is 3.00. The largest absolute Gasteiger partial charge is 0.272 e. The third kappa shape index (κ3) is 3.01. The van der Waals surface area contributed by atoms with E-state index < -0.39 is 0 Å². The normalized spacial score (nSPS) is 18.9. The van der Waals surface area contributed by atoms with Crippen molar-refractivity contribution in [3.8, 4) is 0 Å². The molecule has 1 atom stereocenters. The lowest BCUT2D eigenvalue weighted by molar-refractivity contribution is -0.119. The van der Waals surface area contributed by atoms with Gasteiger partial charge in [-0.05, 0) is 33.3 Å². The van der Waals surface area contributed by atoms with E-state index in [1.165, 1.54) is 0 Å². The van der Waals surface area contributed by atoms with Crippen molar-refractivity contribution in [1.29, 1.82) is 0 Å². The van der Waals surface area contributed by atoms with Crippen molar-refractivity contribution in [2.24, 2.45) is 10.9 Å². The molecule has 2 heteroatoms. The molecule has 0 spiro atoms. The zero-order valence-electron chi connectivity index (χ0n) is 9.74. The smallest absolute Gasteiger partial charge is 0.256 e. The van der Waals surface area contributed by atoms with E-state index in [0.717, 1.165) is 16.9 Å². The molecule has 0 N–H and O–H groups in total. The summed E-state index contributed by atoms with van der Waals surface area (Å²) in [5.41, 5.74) is 3.03. The molecule has 0 saturated heterocycles.